The van der Waals surface area contributed by atoms with E-state index in [2.05, 4.69) is 5.43 Å². The first-order chi connectivity index (χ1) is 8.11. The van der Waals surface area contributed by atoms with Crippen LogP contribution in [0.4, 0.5) is 8.78 Å². The molecule has 0 saturated heterocycles. The number of hydrogen-bond donors (Lipinski definition) is 2. The number of rotatable bonds is 3. The number of furan rings is 1. The van der Waals surface area contributed by atoms with Gasteiger partial charge in [0, 0.05) is 11.6 Å². The smallest absolute Gasteiger partial charge is 0.198 e. The monoisotopic (exact) mass is 258 g/mol. The molecule has 2 aromatic rings. The molecule has 0 saturated carbocycles. The van der Waals surface area contributed by atoms with Crippen molar-refractivity contribution < 1.29 is 13.2 Å². The second-order valence-corrected chi connectivity index (χ2v) is 3.80. The minimum atomic E-state index is -0.681. The third-order valence-corrected chi connectivity index (χ3v) is 2.65. The highest BCUT2D eigenvalue weighted by molar-refractivity contribution is 6.29. The minimum absolute atomic E-state index is 0.123. The number of nitrogens with one attached hydrogen (secondary N) is 1. The molecule has 1 aromatic heterocycles. The van der Waals surface area contributed by atoms with Crippen molar-refractivity contribution in [1.29, 1.82) is 0 Å². The lowest BCUT2D eigenvalue weighted by atomic mass is 10.0. The van der Waals surface area contributed by atoms with Crippen LogP contribution in [0.2, 0.25) is 5.22 Å². The molecule has 1 heterocycles. The summed E-state index contributed by atoms with van der Waals surface area (Å²) < 4.78 is 31.1. The van der Waals surface area contributed by atoms with Crippen molar-refractivity contribution in [3.05, 3.63) is 58.5 Å². The summed E-state index contributed by atoms with van der Waals surface area (Å²) >= 11 is 5.79. The van der Waals surface area contributed by atoms with Crippen LogP contribution in [0.3, 0.4) is 0 Å². The first kappa shape index (κ1) is 12.0. The summed E-state index contributed by atoms with van der Waals surface area (Å²) in [7, 11) is 0. The van der Waals surface area contributed by atoms with E-state index >= 15 is 0 Å². The van der Waals surface area contributed by atoms with Gasteiger partial charge in [-0.15, -0.1) is 0 Å². The van der Waals surface area contributed by atoms with Crippen LogP contribution >= 0.6 is 11.6 Å². The fourth-order valence-electron chi connectivity index (χ4n) is 1.62. The van der Waals surface area contributed by atoms with Gasteiger partial charge in [0.05, 0.1) is 12.3 Å². The number of benzene rings is 1. The molecule has 0 radical (unpaired) electrons. The van der Waals surface area contributed by atoms with Crippen molar-refractivity contribution in [2.45, 2.75) is 6.04 Å². The molecular formula is C11H9ClF2N2O. The van der Waals surface area contributed by atoms with Crippen LogP contribution in [0.1, 0.15) is 17.2 Å². The molecule has 0 fully saturated rings. The Morgan fingerprint density at radius 3 is 2.35 bits per heavy atom. The number of nitrogens with two attached hydrogens (primary N) is 1. The van der Waals surface area contributed by atoms with Crippen molar-refractivity contribution in [3.8, 4) is 0 Å². The molecule has 17 heavy (non-hydrogen) atoms. The lowest BCUT2D eigenvalue weighted by Crippen LogP contribution is -2.28. The molecule has 1 atom stereocenters. The Morgan fingerprint density at radius 2 is 1.88 bits per heavy atom. The molecule has 0 aliphatic carbocycles. The Kier molecular flexibility index (Phi) is 3.42. The van der Waals surface area contributed by atoms with Crippen LogP contribution in [0, 0.1) is 11.6 Å². The zero-order valence-electron chi connectivity index (χ0n) is 8.58. The van der Waals surface area contributed by atoms with Gasteiger partial charge in [0.25, 0.3) is 0 Å². The van der Waals surface area contributed by atoms with Gasteiger partial charge in [-0.25, -0.2) is 14.2 Å². The van der Waals surface area contributed by atoms with Gasteiger partial charge in [-0.2, -0.15) is 0 Å². The summed E-state index contributed by atoms with van der Waals surface area (Å²) in [5, 5.41) is 0.123. The van der Waals surface area contributed by atoms with E-state index in [1.807, 2.05) is 0 Å². The number of hydrogen-bond acceptors (Lipinski definition) is 3. The maximum Gasteiger partial charge on any atom is 0.198 e. The molecule has 6 heteroatoms. The Hall–Kier alpha value is -1.43. The predicted molar refractivity (Wildman–Crippen MR) is 59.2 cm³/mol. The molecule has 0 spiro atoms. The van der Waals surface area contributed by atoms with E-state index < -0.39 is 17.7 Å². The van der Waals surface area contributed by atoms with Crippen molar-refractivity contribution in [1.82, 2.24) is 5.43 Å². The van der Waals surface area contributed by atoms with E-state index in [0.717, 1.165) is 6.07 Å². The van der Waals surface area contributed by atoms with Crippen LogP contribution in [0.5, 0.6) is 0 Å². The van der Waals surface area contributed by atoms with E-state index in [1.54, 1.807) is 6.07 Å². The van der Waals surface area contributed by atoms with Gasteiger partial charge in [-0.3, -0.25) is 5.84 Å². The van der Waals surface area contributed by atoms with E-state index in [9.17, 15) is 8.78 Å². The standard InChI is InChI=1S/C11H9ClF2N2O/c12-11-9(1-2-17-11)10(16-15)6-3-7(13)5-8(14)4-6/h1-5,10,16H,15H2. The second kappa shape index (κ2) is 4.83. The molecule has 0 bridgehead atoms. The highest BCUT2D eigenvalue weighted by Gasteiger charge is 2.19. The highest BCUT2D eigenvalue weighted by atomic mass is 35.5. The molecule has 1 unspecified atom stereocenters. The normalized spacial score (nSPS) is 12.7. The fraction of sp³-hybridized carbons (Fsp3) is 0.0909. The molecule has 3 N–H and O–H groups in total. The highest BCUT2D eigenvalue weighted by Crippen LogP contribution is 2.29. The molecule has 0 aliphatic rings. The quantitative estimate of drug-likeness (QED) is 0.657. The topological polar surface area (TPSA) is 51.2 Å². The van der Waals surface area contributed by atoms with E-state index in [-0.39, 0.29) is 5.22 Å². The Bertz CT molecular complexity index is 510. The van der Waals surface area contributed by atoms with Crippen molar-refractivity contribution >= 4 is 11.6 Å². The Labute approximate surface area is 101 Å². The van der Waals surface area contributed by atoms with Gasteiger partial charge in [0.15, 0.2) is 5.22 Å². The molecular weight excluding hydrogens is 250 g/mol. The Morgan fingerprint density at radius 1 is 1.24 bits per heavy atom. The van der Waals surface area contributed by atoms with Gasteiger partial charge >= 0.3 is 0 Å². The molecule has 3 nitrogen and oxygen atoms in total. The molecule has 1 aromatic carbocycles. The van der Waals surface area contributed by atoms with Crippen molar-refractivity contribution in [2.24, 2.45) is 5.84 Å². The van der Waals surface area contributed by atoms with Crippen LogP contribution in [-0.4, -0.2) is 0 Å². The minimum Gasteiger partial charge on any atom is -0.453 e. The van der Waals surface area contributed by atoms with Gasteiger partial charge in [-0.1, -0.05) is 0 Å². The average Bonchev–Trinajstić information content (AvgIpc) is 2.65. The molecule has 2 rings (SSSR count). The summed E-state index contributed by atoms with van der Waals surface area (Å²) in [4.78, 5) is 0. The maximum absolute atomic E-state index is 13.1. The van der Waals surface area contributed by atoms with Crippen molar-refractivity contribution in [3.63, 3.8) is 0 Å². The Balaban J connectivity index is 2.45. The third-order valence-electron chi connectivity index (χ3n) is 2.34. The summed E-state index contributed by atoms with van der Waals surface area (Å²) in [5.74, 6) is 4.01. The van der Waals surface area contributed by atoms with E-state index in [1.165, 1.54) is 18.4 Å². The first-order valence-electron chi connectivity index (χ1n) is 4.77. The van der Waals surface area contributed by atoms with Gasteiger partial charge in [-0.05, 0) is 35.4 Å². The SMILES string of the molecule is NNC(c1cc(F)cc(F)c1)c1ccoc1Cl. The van der Waals surface area contributed by atoms with Gasteiger partial charge in [0.2, 0.25) is 0 Å². The first-order valence-corrected chi connectivity index (χ1v) is 5.14. The second-order valence-electron chi connectivity index (χ2n) is 3.45. The number of hydrazine groups is 1. The van der Waals surface area contributed by atoms with E-state index in [0.29, 0.717) is 11.1 Å². The summed E-state index contributed by atoms with van der Waals surface area (Å²) in [6.45, 7) is 0. The van der Waals surface area contributed by atoms with Crippen molar-refractivity contribution in [2.75, 3.05) is 0 Å². The van der Waals surface area contributed by atoms with Crippen LogP contribution in [0.15, 0.2) is 34.9 Å². The largest absolute Gasteiger partial charge is 0.453 e. The van der Waals surface area contributed by atoms with Gasteiger partial charge in [0.1, 0.15) is 11.6 Å². The lowest BCUT2D eigenvalue weighted by Gasteiger charge is -2.15. The predicted octanol–water partition coefficient (Wildman–Crippen LogP) is 2.76. The van der Waals surface area contributed by atoms with Crippen LogP contribution < -0.4 is 11.3 Å². The molecule has 90 valence electrons. The summed E-state index contributed by atoms with van der Waals surface area (Å²) in [6.07, 6.45) is 1.37. The number of halogens is 3. The summed E-state index contributed by atoms with van der Waals surface area (Å²) in [6, 6.07) is 4.09. The lowest BCUT2D eigenvalue weighted by molar-refractivity contribution is 0.548. The molecule has 0 aliphatic heterocycles. The fourth-order valence-corrected chi connectivity index (χ4v) is 1.84. The molecule has 0 amide bonds. The average molecular weight is 259 g/mol. The maximum atomic E-state index is 13.1. The van der Waals surface area contributed by atoms with Crippen LogP contribution in [-0.2, 0) is 0 Å². The third kappa shape index (κ3) is 2.46. The zero-order valence-corrected chi connectivity index (χ0v) is 9.34. The zero-order chi connectivity index (χ0) is 12.4. The van der Waals surface area contributed by atoms with E-state index in [4.69, 9.17) is 21.9 Å². The summed E-state index contributed by atoms with van der Waals surface area (Å²) in [5.41, 5.74) is 3.28. The van der Waals surface area contributed by atoms with Crippen LogP contribution in [0.25, 0.3) is 0 Å². The van der Waals surface area contributed by atoms with Gasteiger partial charge < -0.3 is 4.42 Å².